The monoisotopic (exact) mass is 374 g/mol. The highest BCUT2D eigenvalue weighted by Gasteiger charge is 2.13. The van der Waals surface area contributed by atoms with Gasteiger partial charge in [-0.1, -0.05) is 67.6 Å². The number of aliphatic carboxylic acids is 1. The molecule has 0 heterocycles. The topological polar surface area (TPSA) is 98.0 Å². The quantitative estimate of drug-likeness (QED) is 0.419. The summed E-state index contributed by atoms with van der Waals surface area (Å²) < 4.78 is 0. The minimum absolute atomic E-state index is 0.0433. The first-order valence-electron chi connectivity index (χ1n) is 9.28. The molecule has 0 amide bonds. The van der Waals surface area contributed by atoms with Crippen molar-refractivity contribution < 1.29 is 25.2 Å². The fourth-order valence-corrected chi connectivity index (χ4v) is 2.52. The maximum absolute atomic E-state index is 10.4. The van der Waals surface area contributed by atoms with Crippen LogP contribution in [0.5, 0.6) is 0 Å². The first-order valence-corrected chi connectivity index (χ1v) is 9.28. The van der Waals surface area contributed by atoms with Crippen LogP contribution in [0.1, 0.15) is 56.3 Å². The fraction of sp³-hybridized carbons (Fsp3) is 0.409. The maximum Gasteiger partial charge on any atom is 0.303 e. The third-order valence-electron chi connectivity index (χ3n) is 4.05. The first kappa shape index (κ1) is 22.8. The SMILES string of the molecule is CCC=CCC(O)c1ccccc1C=CC(O)C(O)CC=CCCC(=O)O. The van der Waals surface area contributed by atoms with E-state index in [1.54, 1.807) is 18.2 Å². The molecule has 4 N–H and O–H groups in total. The molecule has 0 aliphatic carbocycles. The number of aliphatic hydroxyl groups excluding tert-OH is 3. The van der Waals surface area contributed by atoms with Crippen LogP contribution < -0.4 is 0 Å². The second-order valence-corrected chi connectivity index (χ2v) is 6.32. The average molecular weight is 374 g/mol. The van der Waals surface area contributed by atoms with E-state index in [2.05, 4.69) is 0 Å². The van der Waals surface area contributed by atoms with Gasteiger partial charge in [0.1, 0.15) is 0 Å². The zero-order chi connectivity index (χ0) is 20.1. The zero-order valence-corrected chi connectivity index (χ0v) is 15.7. The van der Waals surface area contributed by atoms with E-state index in [1.807, 2.05) is 43.3 Å². The highest BCUT2D eigenvalue weighted by Crippen LogP contribution is 2.23. The number of rotatable bonds is 12. The largest absolute Gasteiger partial charge is 0.481 e. The van der Waals surface area contributed by atoms with Gasteiger partial charge in [-0.3, -0.25) is 4.79 Å². The lowest BCUT2D eigenvalue weighted by molar-refractivity contribution is -0.136. The molecule has 148 valence electrons. The Morgan fingerprint density at radius 2 is 1.74 bits per heavy atom. The lowest BCUT2D eigenvalue weighted by Crippen LogP contribution is -2.22. The third-order valence-corrected chi connectivity index (χ3v) is 4.05. The fourth-order valence-electron chi connectivity index (χ4n) is 2.52. The van der Waals surface area contributed by atoms with Gasteiger partial charge in [-0.05, 0) is 36.8 Å². The lowest BCUT2D eigenvalue weighted by Gasteiger charge is -2.14. The molecule has 5 heteroatoms. The van der Waals surface area contributed by atoms with Gasteiger partial charge in [0.15, 0.2) is 0 Å². The van der Waals surface area contributed by atoms with Crippen LogP contribution in [0.2, 0.25) is 0 Å². The van der Waals surface area contributed by atoms with E-state index in [1.165, 1.54) is 6.08 Å². The van der Waals surface area contributed by atoms with Crippen LogP contribution >= 0.6 is 0 Å². The van der Waals surface area contributed by atoms with E-state index in [0.29, 0.717) is 12.8 Å². The number of aliphatic hydroxyl groups is 3. The summed E-state index contributed by atoms with van der Waals surface area (Å²) in [5, 5.41) is 39.0. The lowest BCUT2D eigenvalue weighted by atomic mass is 9.98. The van der Waals surface area contributed by atoms with Crippen LogP contribution in [0.4, 0.5) is 0 Å². The normalized spacial score (nSPS) is 15.6. The second kappa shape index (κ2) is 13.0. The molecule has 0 fully saturated rings. The van der Waals surface area contributed by atoms with Crippen LogP contribution in [0.3, 0.4) is 0 Å². The molecule has 0 saturated carbocycles. The number of carboxylic acid groups (broad SMARTS) is 1. The van der Waals surface area contributed by atoms with Gasteiger partial charge in [0.25, 0.3) is 0 Å². The first-order chi connectivity index (χ1) is 13.0. The molecular weight excluding hydrogens is 344 g/mol. The van der Waals surface area contributed by atoms with Crippen LogP contribution in [0.15, 0.2) is 54.6 Å². The Bertz CT molecular complexity index is 648. The molecule has 0 radical (unpaired) electrons. The molecule has 1 aromatic carbocycles. The summed E-state index contributed by atoms with van der Waals surface area (Å²) in [6.45, 7) is 2.04. The van der Waals surface area contributed by atoms with Crippen molar-refractivity contribution in [2.24, 2.45) is 0 Å². The highest BCUT2D eigenvalue weighted by atomic mass is 16.4. The van der Waals surface area contributed by atoms with Crippen molar-refractivity contribution >= 4 is 12.0 Å². The van der Waals surface area contributed by atoms with Gasteiger partial charge in [-0.2, -0.15) is 0 Å². The Kier molecular flexibility index (Phi) is 11.0. The van der Waals surface area contributed by atoms with E-state index in [-0.39, 0.29) is 12.8 Å². The molecule has 1 aromatic rings. The number of hydrogen-bond donors (Lipinski definition) is 4. The Morgan fingerprint density at radius 3 is 2.44 bits per heavy atom. The summed E-state index contributed by atoms with van der Waals surface area (Å²) in [6.07, 6.45) is 9.95. The molecule has 0 aliphatic heterocycles. The Hall–Kier alpha value is -2.21. The van der Waals surface area contributed by atoms with E-state index < -0.39 is 24.3 Å². The highest BCUT2D eigenvalue weighted by molar-refractivity contribution is 5.66. The van der Waals surface area contributed by atoms with Crippen molar-refractivity contribution in [2.45, 2.75) is 57.3 Å². The van der Waals surface area contributed by atoms with Gasteiger partial charge in [-0.15, -0.1) is 0 Å². The molecular formula is C22H30O5. The number of allylic oxidation sites excluding steroid dienone is 2. The smallest absolute Gasteiger partial charge is 0.303 e. The average Bonchev–Trinajstić information content (AvgIpc) is 2.65. The van der Waals surface area contributed by atoms with Crippen molar-refractivity contribution in [3.05, 3.63) is 65.8 Å². The van der Waals surface area contributed by atoms with Crippen molar-refractivity contribution in [2.75, 3.05) is 0 Å². The van der Waals surface area contributed by atoms with Gasteiger partial charge in [0.2, 0.25) is 0 Å². The van der Waals surface area contributed by atoms with Crippen LogP contribution in [0.25, 0.3) is 6.08 Å². The molecule has 0 spiro atoms. The molecule has 0 aliphatic rings. The van der Waals surface area contributed by atoms with Gasteiger partial charge in [-0.25, -0.2) is 0 Å². The predicted octanol–water partition coefficient (Wildman–Crippen LogP) is 3.62. The van der Waals surface area contributed by atoms with E-state index >= 15 is 0 Å². The Labute approximate surface area is 161 Å². The zero-order valence-electron chi connectivity index (χ0n) is 15.7. The number of carbonyl (C=O) groups is 1. The van der Waals surface area contributed by atoms with Crippen molar-refractivity contribution in [3.8, 4) is 0 Å². The van der Waals surface area contributed by atoms with Crippen molar-refractivity contribution in [1.29, 1.82) is 0 Å². The minimum Gasteiger partial charge on any atom is -0.481 e. The second-order valence-electron chi connectivity index (χ2n) is 6.32. The molecule has 27 heavy (non-hydrogen) atoms. The summed E-state index contributed by atoms with van der Waals surface area (Å²) >= 11 is 0. The Balaban J connectivity index is 2.64. The van der Waals surface area contributed by atoms with Gasteiger partial charge in [0, 0.05) is 6.42 Å². The molecule has 3 atom stereocenters. The number of hydrogen-bond acceptors (Lipinski definition) is 4. The van der Waals surface area contributed by atoms with Gasteiger partial charge in [0.05, 0.1) is 18.3 Å². The van der Waals surface area contributed by atoms with Crippen molar-refractivity contribution in [1.82, 2.24) is 0 Å². The van der Waals surface area contributed by atoms with Gasteiger partial charge >= 0.3 is 5.97 Å². The van der Waals surface area contributed by atoms with E-state index in [4.69, 9.17) is 5.11 Å². The molecule has 3 unspecified atom stereocenters. The summed E-state index contributed by atoms with van der Waals surface area (Å²) in [5.74, 6) is -0.866. The summed E-state index contributed by atoms with van der Waals surface area (Å²) in [5.41, 5.74) is 1.56. The molecule has 0 bridgehead atoms. The standard InChI is InChI=1S/C22H30O5/c1-2-3-5-12-19(23)18-11-9-8-10-17(18)15-16-21(25)20(24)13-6-4-7-14-22(26)27/h3-6,8-11,15-16,19-21,23-25H,2,7,12-14H2,1H3,(H,26,27). The van der Waals surface area contributed by atoms with Gasteiger partial charge < -0.3 is 20.4 Å². The third kappa shape index (κ3) is 9.33. The number of benzene rings is 1. The van der Waals surface area contributed by atoms with Crippen LogP contribution in [-0.2, 0) is 4.79 Å². The molecule has 5 nitrogen and oxygen atoms in total. The molecule has 0 saturated heterocycles. The number of carboxylic acids is 1. The van der Waals surface area contributed by atoms with Crippen LogP contribution in [0, 0.1) is 0 Å². The predicted molar refractivity (Wildman–Crippen MR) is 107 cm³/mol. The Morgan fingerprint density at radius 1 is 1.04 bits per heavy atom. The maximum atomic E-state index is 10.4. The van der Waals surface area contributed by atoms with E-state index in [0.717, 1.165) is 17.5 Å². The van der Waals surface area contributed by atoms with Crippen LogP contribution in [-0.4, -0.2) is 38.6 Å². The van der Waals surface area contributed by atoms with Crippen molar-refractivity contribution in [3.63, 3.8) is 0 Å². The summed E-state index contributed by atoms with van der Waals surface area (Å²) in [6, 6.07) is 7.40. The summed E-state index contributed by atoms with van der Waals surface area (Å²) in [7, 11) is 0. The minimum atomic E-state index is -1.06. The molecule has 1 rings (SSSR count). The molecule has 0 aromatic heterocycles. The summed E-state index contributed by atoms with van der Waals surface area (Å²) in [4.78, 5) is 10.4. The van der Waals surface area contributed by atoms with E-state index in [9.17, 15) is 20.1 Å².